The Morgan fingerprint density at radius 2 is 2.20 bits per heavy atom. The molecule has 1 N–H and O–H groups in total. The molecule has 0 amide bonds. The molecule has 1 fully saturated rings. The molecule has 0 spiro atoms. The summed E-state index contributed by atoms with van der Waals surface area (Å²) < 4.78 is 11.0. The van der Waals surface area contributed by atoms with Crippen molar-refractivity contribution in [3.8, 4) is 17.6 Å². The largest absolute Gasteiger partial charge is 0.489 e. The van der Waals surface area contributed by atoms with E-state index >= 15 is 0 Å². The number of carbonyl (C=O) groups excluding carboxylic acids is 2. The number of carbonyl (C=O) groups is 2. The number of ketones is 1. The van der Waals surface area contributed by atoms with Crippen molar-refractivity contribution >= 4 is 11.8 Å². The zero-order chi connectivity index (χ0) is 21.7. The normalized spacial score (nSPS) is 25.1. The molecule has 1 saturated carbocycles. The van der Waals surface area contributed by atoms with Gasteiger partial charge in [0, 0.05) is 42.6 Å². The van der Waals surface area contributed by atoms with Gasteiger partial charge >= 0.3 is 5.97 Å². The van der Waals surface area contributed by atoms with Gasteiger partial charge in [-0.15, -0.1) is 11.8 Å². The minimum atomic E-state index is -0.536. The van der Waals surface area contributed by atoms with E-state index in [-0.39, 0.29) is 35.6 Å². The Morgan fingerprint density at radius 3 is 2.93 bits per heavy atom. The number of hydrogen-bond donors (Lipinski definition) is 1. The Labute approximate surface area is 178 Å². The van der Waals surface area contributed by atoms with Crippen molar-refractivity contribution in [1.29, 1.82) is 0 Å². The number of hydrogen-bond acceptors (Lipinski definition) is 5. The van der Waals surface area contributed by atoms with Gasteiger partial charge in [0.2, 0.25) is 0 Å². The molecule has 0 aromatic heterocycles. The van der Waals surface area contributed by atoms with Crippen LogP contribution in [-0.2, 0) is 20.7 Å². The van der Waals surface area contributed by atoms with Crippen LogP contribution < -0.4 is 4.74 Å². The molecule has 160 valence electrons. The molecule has 0 radical (unpaired) electrons. The number of aryl methyl sites for hydroxylation is 1. The maximum atomic E-state index is 12.4. The fourth-order valence-electron chi connectivity index (χ4n) is 4.42. The van der Waals surface area contributed by atoms with E-state index in [0.717, 1.165) is 23.3 Å². The van der Waals surface area contributed by atoms with Crippen LogP contribution in [0.2, 0.25) is 0 Å². The number of para-hydroxylation sites is 1. The van der Waals surface area contributed by atoms with Crippen LogP contribution >= 0.6 is 0 Å². The third kappa shape index (κ3) is 4.76. The van der Waals surface area contributed by atoms with Crippen LogP contribution in [-0.4, -0.2) is 36.2 Å². The van der Waals surface area contributed by atoms with Crippen molar-refractivity contribution in [2.24, 2.45) is 11.8 Å². The molecule has 3 rings (SSSR count). The lowest BCUT2D eigenvalue weighted by Gasteiger charge is -2.17. The molecule has 1 aliphatic carbocycles. The lowest BCUT2D eigenvalue weighted by atomic mass is 9.86. The fourth-order valence-corrected chi connectivity index (χ4v) is 4.42. The molecular weight excluding hydrogens is 380 g/mol. The molecular formula is C25H30O5. The smallest absolute Gasteiger partial charge is 0.305 e. The van der Waals surface area contributed by atoms with Crippen LogP contribution in [0.4, 0.5) is 0 Å². The van der Waals surface area contributed by atoms with Crippen molar-refractivity contribution in [3.05, 3.63) is 41.5 Å². The van der Waals surface area contributed by atoms with E-state index < -0.39 is 6.10 Å². The number of aliphatic hydroxyl groups excluding tert-OH is 1. The predicted octanol–water partition coefficient (Wildman–Crippen LogP) is 3.58. The Kier molecular flexibility index (Phi) is 7.33. The summed E-state index contributed by atoms with van der Waals surface area (Å²) in [5.74, 6) is 6.18. The van der Waals surface area contributed by atoms with Crippen molar-refractivity contribution in [2.45, 2.75) is 64.1 Å². The summed E-state index contributed by atoms with van der Waals surface area (Å²) in [6, 6.07) is 6.07. The molecule has 5 atom stereocenters. The molecule has 1 aromatic rings. The number of methoxy groups -OCH3 is 1. The van der Waals surface area contributed by atoms with Gasteiger partial charge in [-0.3, -0.25) is 9.59 Å². The van der Waals surface area contributed by atoms with Gasteiger partial charge in [-0.1, -0.05) is 31.2 Å². The van der Waals surface area contributed by atoms with E-state index in [4.69, 9.17) is 9.47 Å². The summed E-state index contributed by atoms with van der Waals surface area (Å²) in [7, 11) is 1.40. The van der Waals surface area contributed by atoms with E-state index in [1.54, 1.807) is 13.0 Å². The van der Waals surface area contributed by atoms with Crippen molar-refractivity contribution in [2.75, 3.05) is 7.11 Å². The second-order valence-corrected chi connectivity index (χ2v) is 8.12. The zero-order valence-electron chi connectivity index (χ0n) is 17.9. The Morgan fingerprint density at radius 1 is 1.40 bits per heavy atom. The lowest BCUT2D eigenvalue weighted by Crippen LogP contribution is -2.17. The van der Waals surface area contributed by atoms with Crippen LogP contribution in [0.15, 0.2) is 30.4 Å². The minimum Gasteiger partial charge on any atom is -0.489 e. The van der Waals surface area contributed by atoms with E-state index in [9.17, 15) is 14.7 Å². The van der Waals surface area contributed by atoms with Crippen LogP contribution in [0, 0.1) is 23.7 Å². The maximum absolute atomic E-state index is 12.4. The third-order valence-corrected chi connectivity index (χ3v) is 6.10. The summed E-state index contributed by atoms with van der Waals surface area (Å²) in [4.78, 5) is 23.8. The predicted molar refractivity (Wildman–Crippen MR) is 114 cm³/mol. The lowest BCUT2D eigenvalue weighted by molar-refractivity contribution is -0.140. The molecule has 1 aliphatic heterocycles. The molecule has 2 aliphatic rings. The monoisotopic (exact) mass is 410 g/mol. The Balaban J connectivity index is 1.73. The fraction of sp³-hybridized carbons (Fsp3) is 0.520. The van der Waals surface area contributed by atoms with E-state index in [1.807, 2.05) is 31.2 Å². The van der Waals surface area contributed by atoms with Crippen molar-refractivity contribution < 1.29 is 24.2 Å². The number of allylic oxidation sites excluding steroid dienone is 1. The summed E-state index contributed by atoms with van der Waals surface area (Å²) in [5, 5.41) is 10.6. The molecule has 5 heteroatoms. The van der Waals surface area contributed by atoms with Gasteiger partial charge < -0.3 is 14.6 Å². The SMILES string of the molecule is CC#CC[C@H](C)C(=O)/C=C/C1[C@H](O)C[C@@H]2Oc3c(CCCC(=O)OC)cccc3[C@H]12. The molecule has 0 saturated heterocycles. The first-order chi connectivity index (χ1) is 14.5. The van der Waals surface area contributed by atoms with Crippen molar-refractivity contribution in [1.82, 2.24) is 0 Å². The van der Waals surface area contributed by atoms with Gasteiger partial charge in [-0.25, -0.2) is 0 Å². The first-order valence-electron chi connectivity index (χ1n) is 10.6. The Hall–Kier alpha value is -2.58. The highest BCUT2D eigenvalue weighted by Gasteiger charge is 2.48. The van der Waals surface area contributed by atoms with Crippen LogP contribution in [0.5, 0.6) is 5.75 Å². The molecule has 0 bridgehead atoms. The van der Waals surface area contributed by atoms with Gasteiger partial charge in [0.1, 0.15) is 11.9 Å². The average molecular weight is 411 g/mol. The first kappa shape index (κ1) is 22.1. The number of benzene rings is 1. The average Bonchev–Trinajstić information content (AvgIpc) is 3.25. The molecule has 1 heterocycles. The minimum absolute atomic E-state index is 0.0316. The quantitative estimate of drug-likeness (QED) is 0.403. The highest BCUT2D eigenvalue weighted by Crippen LogP contribution is 2.52. The first-order valence-corrected chi connectivity index (χ1v) is 10.6. The topological polar surface area (TPSA) is 72.8 Å². The van der Waals surface area contributed by atoms with Gasteiger partial charge in [-0.2, -0.15) is 0 Å². The molecule has 30 heavy (non-hydrogen) atoms. The van der Waals surface area contributed by atoms with Gasteiger partial charge in [-0.05, 0) is 31.4 Å². The zero-order valence-corrected chi connectivity index (χ0v) is 17.9. The van der Waals surface area contributed by atoms with Gasteiger partial charge in [0.15, 0.2) is 5.78 Å². The number of aliphatic hydroxyl groups is 1. The van der Waals surface area contributed by atoms with E-state index in [0.29, 0.717) is 25.7 Å². The molecule has 1 aromatic carbocycles. The maximum Gasteiger partial charge on any atom is 0.305 e. The van der Waals surface area contributed by atoms with E-state index in [1.165, 1.54) is 7.11 Å². The summed E-state index contributed by atoms with van der Waals surface area (Å²) >= 11 is 0. The summed E-state index contributed by atoms with van der Waals surface area (Å²) in [5.41, 5.74) is 2.16. The van der Waals surface area contributed by atoms with Gasteiger partial charge in [0.25, 0.3) is 0 Å². The summed E-state index contributed by atoms with van der Waals surface area (Å²) in [6.45, 7) is 3.64. The number of ether oxygens (including phenoxy) is 2. The van der Waals surface area contributed by atoms with Crippen LogP contribution in [0.25, 0.3) is 0 Å². The number of rotatable bonds is 8. The van der Waals surface area contributed by atoms with Crippen LogP contribution in [0.3, 0.4) is 0 Å². The molecule has 5 nitrogen and oxygen atoms in total. The van der Waals surface area contributed by atoms with Gasteiger partial charge in [0.05, 0.1) is 13.2 Å². The number of esters is 1. The highest BCUT2D eigenvalue weighted by atomic mass is 16.5. The molecule has 1 unspecified atom stereocenters. The van der Waals surface area contributed by atoms with E-state index in [2.05, 4.69) is 11.8 Å². The van der Waals surface area contributed by atoms with Crippen molar-refractivity contribution in [3.63, 3.8) is 0 Å². The second-order valence-electron chi connectivity index (χ2n) is 8.12. The van der Waals surface area contributed by atoms with Crippen LogP contribution in [0.1, 0.15) is 56.6 Å². The third-order valence-electron chi connectivity index (χ3n) is 6.10. The summed E-state index contributed by atoms with van der Waals surface area (Å²) in [6.07, 6.45) is 5.72. The highest BCUT2D eigenvalue weighted by molar-refractivity contribution is 5.91. The second kappa shape index (κ2) is 9.95. The number of fused-ring (bicyclic) bond motifs is 3. The Bertz CT molecular complexity index is 875. The standard InChI is InChI=1S/C25H30O5/c1-4-5-8-16(2)20(26)14-13-18-21(27)15-22-24(18)19-11-6-9-17(25(19)30-22)10-7-12-23(28)29-3/h6,9,11,13-14,16,18,21-22,24,27H,7-8,10,12,15H2,1-3H3/b14-13+/t16-,18?,21+,22-,24-/m0/s1.